The Hall–Kier alpha value is -1.78. The van der Waals surface area contributed by atoms with Gasteiger partial charge >= 0.3 is 5.97 Å². The molecule has 0 aromatic carbocycles. The minimum atomic E-state index is -0.927. The molecule has 0 amide bonds. The molecule has 5 nitrogen and oxygen atoms in total. The Balaban J connectivity index is 2.42. The van der Waals surface area contributed by atoms with Crippen molar-refractivity contribution in [2.75, 3.05) is 6.61 Å². The van der Waals surface area contributed by atoms with Crippen LogP contribution in [0.4, 0.5) is 0 Å². The van der Waals surface area contributed by atoms with Gasteiger partial charge in [-0.05, 0) is 26.2 Å². The lowest BCUT2D eigenvalue weighted by atomic mass is 9.93. The number of hydrogen-bond acceptors (Lipinski definition) is 3. The number of nitrogens with one attached hydrogen (secondary N) is 1. The first kappa shape index (κ1) is 10.7. The monoisotopic (exact) mass is 222 g/mol. The molecule has 0 saturated carbocycles. The number of hydrogen-bond donors (Lipinski definition) is 2. The molecule has 1 aliphatic carbocycles. The lowest BCUT2D eigenvalue weighted by Crippen LogP contribution is -2.14. The Morgan fingerprint density at radius 3 is 3.12 bits per heavy atom. The van der Waals surface area contributed by atoms with Crippen LogP contribution in [0, 0.1) is 0 Å². The average molecular weight is 222 g/mol. The molecular formula is C11H14N2O3. The van der Waals surface area contributed by atoms with Gasteiger partial charge < -0.3 is 14.9 Å². The van der Waals surface area contributed by atoms with Gasteiger partial charge in [0.15, 0.2) is 0 Å². The summed E-state index contributed by atoms with van der Waals surface area (Å²) in [5.41, 5.74) is 2.68. The van der Waals surface area contributed by atoms with Gasteiger partial charge in [0.05, 0.1) is 11.3 Å². The summed E-state index contributed by atoms with van der Waals surface area (Å²) in [6.07, 6.45) is 4.14. The van der Waals surface area contributed by atoms with E-state index in [1.165, 1.54) is 6.20 Å². The highest BCUT2D eigenvalue weighted by Gasteiger charge is 2.24. The molecule has 0 fully saturated rings. The second-order valence-electron chi connectivity index (χ2n) is 3.67. The molecule has 5 heteroatoms. The number of H-pyrrole nitrogens is 1. The number of aromatic carboxylic acids is 1. The summed E-state index contributed by atoms with van der Waals surface area (Å²) in [6.45, 7) is 2.34. The Morgan fingerprint density at radius 2 is 2.44 bits per heavy atom. The van der Waals surface area contributed by atoms with Gasteiger partial charge in [0.2, 0.25) is 0 Å². The quantitative estimate of drug-likeness (QED) is 0.765. The van der Waals surface area contributed by atoms with E-state index in [-0.39, 0.29) is 5.56 Å². The largest absolute Gasteiger partial charge is 0.478 e. The molecule has 0 unspecified atom stereocenters. The maximum absolute atomic E-state index is 11.0. The Kier molecular flexibility index (Phi) is 2.94. The summed E-state index contributed by atoms with van der Waals surface area (Å²) in [5, 5.41) is 13.0. The molecule has 0 radical (unpaired) electrons. The molecule has 1 aromatic rings. The van der Waals surface area contributed by atoms with Crippen molar-refractivity contribution in [1.82, 2.24) is 4.98 Å². The van der Waals surface area contributed by atoms with Crippen molar-refractivity contribution in [3.8, 4) is 0 Å². The highest BCUT2D eigenvalue weighted by Crippen LogP contribution is 2.24. The van der Waals surface area contributed by atoms with Gasteiger partial charge in [-0.1, -0.05) is 5.16 Å². The molecule has 0 atom stereocenters. The predicted octanol–water partition coefficient (Wildman–Crippen LogP) is 1.79. The predicted molar refractivity (Wildman–Crippen MR) is 58.9 cm³/mol. The van der Waals surface area contributed by atoms with Crippen LogP contribution < -0.4 is 0 Å². The summed E-state index contributed by atoms with van der Waals surface area (Å²) in [7, 11) is 0. The Bertz CT molecular complexity index is 434. The fourth-order valence-electron chi connectivity index (χ4n) is 1.95. The SMILES string of the molecule is CCO/N=C1\CCCc2[nH]cc(C(=O)O)c21. The maximum atomic E-state index is 11.0. The molecule has 86 valence electrons. The summed E-state index contributed by atoms with van der Waals surface area (Å²) in [4.78, 5) is 19.0. The van der Waals surface area contributed by atoms with Crippen LogP contribution in [0.1, 0.15) is 41.4 Å². The van der Waals surface area contributed by atoms with E-state index in [4.69, 9.17) is 9.94 Å². The number of carboxylic acids is 1. The van der Waals surface area contributed by atoms with Crippen molar-refractivity contribution < 1.29 is 14.7 Å². The van der Waals surface area contributed by atoms with E-state index >= 15 is 0 Å². The van der Waals surface area contributed by atoms with Crippen molar-refractivity contribution in [3.63, 3.8) is 0 Å². The van der Waals surface area contributed by atoms with Crippen LogP contribution in [-0.2, 0) is 11.3 Å². The second-order valence-corrected chi connectivity index (χ2v) is 3.67. The topological polar surface area (TPSA) is 74.7 Å². The van der Waals surface area contributed by atoms with Crippen molar-refractivity contribution in [1.29, 1.82) is 0 Å². The molecule has 0 bridgehead atoms. The number of nitrogens with zero attached hydrogens (tertiary/aromatic N) is 1. The summed E-state index contributed by atoms with van der Waals surface area (Å²) >= 11 is 0. The molecule has 0 aliphatic heterocycles. The number of oxime groups is 1. The lowest BCUT2D eigenvalue weighted by Gasteiger charge is -2.14. The first-order chi connectivity index (χ1) is 7.74. The first-order valence-electron chi connectivity index (χ1n) is 5.36. The van der Waals surface area contributed by atoms with Gasteiger partial charge in [-0.25, -0.2) is 4.79 Å². The first-order valence-corrected chi connectivity index (χ1v) is 5.36. The third kappa shape index (κ3) is 1.80. The van der Waals surface area contributed by atoms with E-state index in [0.29, 0.717) is 12.2 Å². The van der Waals surface area contributed by atoms with Crippen LogP contribution in [0.25, 0.3) is 0 Å². The van der Waals surface area contributed by atoms with Crippen molar-refractivity contribution in [3.05, 3.63) is 23.0 Å². The van der Waals surface area contributed by atoms with Crippen molar-refractivity contribution in [2.45, 2.75) is 26.2 Å². The standard InChI is InChI=1S/C11H14N2O3/c1-2-16-13-9-5-3-4-8-10(9)7(6-12-8)11(14)15/h6,12H,2-5H2,1H3,(H,14,15)/b13-9+. The number of aromatic nitrogens is 1. The van der Waals surface area contributed by atoms with Crippen molar-refractivity contribution >= 4 is 11.7 Å². The minimum absolute atomic E-state index is 0.285. The van der Waals surface area contributed by atoms with Gasteiger partial charge in [0.1, 0.15) is 6.61 Å². The zero-order valence-electron chi connectivity index (χ0n) is 9.12. The van der Waals surface area contributed by atoms with E-state index < -0.39 is 5.97 Å². The average Bonchev–Trinajstić information content (AvgIpc) is 2.70. The van der Waals surface area contributed by atoms with Crippen LogP contribution >= 0.6 is 0 Å². The van der Waals surface area contributed by atoms with E-state index in [9.17, 15) is 4.79 Å². The van der Waals surface area contributed by atoms with Crippen LogP contribution in [0.2, 0.25) is 0 Å². The fourth-order valence-corrected chi connectivity index (χ4v) is 1.95. The van der Waals surface area contributed by atoms with Gasteiger partial charge in [0.25, 0.3) is 0 Å². The van der Waals surface area contributed by atoms with Crippen LogP contribution in [0.3, 0.4) is 0 Å². The highest BCUT2D eigenvalue weighted by atomic mass is 16.6. The molecule has 1 aliphatic rings. The number of carboxylic acid groups (broad SMARTS) is 1. The minimum Gasteiger partial charge on any atom is -0.478 e. The van der Waals surface area contributed by atoms with Gasteiger partial charge in [-0.2, -0.15) is 0 Å². The van der Waals surface area contributed by atoms with Crippen molar-refractivity contribution in [2.24, 2.45) is 5.16 Å². The van der Waals surface area contributed by atoms with Gasteiger partial charge in [-0.3, -0.25) is 0 Å². The molecule has 0 saturated heterocycles. The van der Waals surface area contributed by atoms with Crippen LogP contribution in [0.5, 0.6) is 0 Å². The smallest absolute Gasteiger partial charge is 0.337 e. The third-order valence-electron chi connectivity index (χ3n) is 2.63. The number of aromatic amines is 1. The molecule has 1 aromatic heterocycles. The molecular weight excluding hydrogens is 208 g/mol. The molecule has 0 spiro atoms. The fraction of sp³-hybridized carbons (Fsp3) is 0.455. The van der Waals surface area contributed by atoms with Crippen LogP contribution in [-0.4, -0.2) is 28.4 Å². The summed E-state index contributed by atoms with van der Waals surface area (Å²) in [5.74, 6) is -0.927. The third-order valence-corrected chi connectivity index (χ3v) is 2.63. The Labute approximate surface area is 93.1 Å². The number of fused-ring (bicyclic) bond motifs is 1. The molecule has 16 heavy (non-hydrogen) atoms. The Morgan fingerprint density at radius 1 is 1.62 bits per heavy atom. The molecule has 2 N–H and O–H groups in total. The van der Waals surface area contributed by atoms with Crippen LogP contribution in [0.15, 0.2) is 11.4 Å². The second kappa shape index (κ2) is 4.38. The lowest BCUT2D eigenvalue weighted by molar-refractivity contribution is 0.0696. The molecule has 2 rings (SSSR count). The number of rotatable bonds is 3. The zero-order valence-corrected chi connectivity index (χ0v) is 9.12. The maximum Gasteiger partial charge on any atom is 0.337 e. The van der Waals surface area contributed by atoms with Gasteiger partial charge in [0, 0.05) is 17.5 Å². The summed E-state index contributed by atoms with van der Waals surface area (Å²) in [6, 6.07) is 0. The summed E-state index contributed by atoms with van der Waals surface area (Å²) < 4.78 is 0. The van der Waals surface area contributed by atoms with E-state index in [1.54, 1.807) is 0 Å². The number of aryl methyl sites for hydroxylation is 1. The zero-order chi connectivity index (χ0) is 11.5. The van der Waals surface area contributed by atoms with Gasteiger partial charge in [-0.15, -0.1) is 0 Å². The number of carbonyl (C=O) groups is 1. The highest BCUT2D eigenvalue weighted by molar-refractivity contribution is 6.09. The van der Waals surface area contributed by atoms with E-state index in [2.05, 4.69) is 10.1 Å². The molecule has 1 heterocycles. The van der Waals surface area contributed by atoms with E-state index in [0.717, 1.165) is 30.7 Å². The van der Waals surface area contributed by atoms with E-state index in [1.807, 2.05) is 6.92 Å². The normalized spacial score (nSPS) is 17.2.